The zero-order valence-electron chi connectivity index (χ0n) is 9.79. The topological polar surface area (TPSA) is 78.4 Å². The van der Waals surface area contributed by atoms with E-state index in [9.17, 15) is 10.1 Å². The molecule has 2 aromatic rings. The fraction of sp³-hybridized carbons (Fsp3) is 0.0769. The molecular weight excluding hydrogens is 232 g/mol. The van der Waals surface area contributed by atoms with Crippen molar-refractivity contribution in [3.63, 3.8) is 0 Å². The second-order valence-electron chi connectivity index (χ2n) is 3.83. The molecule has 0 aliphatic carbocycles. The van der Waals surface area contributed by atoms with Crippen LogP contribution in [-0.4, -0.2) is 4.92 Å². The van der Waals surface area contributed by atoms with E-state index in [1.54, 1.807) is 43.3 Å². The number of benzene rings is 2. The maximum absolute atomic E-state index is 10.8. The van der Waals surface area contributed by atoms with Crippen LogP contribution in [0.5, 0.6) is 11.5 Å². The standard InChI is InChI=1S/C13H12N2O3/c1-9-12(15(16)17)6-3-7-13(9)18-11-5-2-4-10(14)8-11/h2-8H,14H2,1H3. The predicted octanol–water partition coefficient (Wildman–Crippen LogP) is 3.28. The first-order chi connectivity index (χ1) is 8.58. The summed E-state index contributed by atoms with van der Waals surface area (Å²) in [4.78, 5) is 10.4. The van der Waals surface area contributed by atoms with Crippen molar-refractivity contribution in [1.82, 2.24) is 0 Å². The van der Waals surface area contributed by atoms with E-state index in [-0.39, 0.29) is 5.69 Å². The van der Waals surface area contributed by atoms with Crippen molar-refractivity contribution in [2.75, 3.05) is 5.73 Å². The monoisotopic (exact) mass is 244 g/mol. The smallest absolute Gasteiger partial charge is 0.276 e. The van der Waals surface area contributed by atoms with Gasteiger partial charge in [-0.2, -0.15) is 0 Å². The van der Waals surface area contributed by atoms with Crippen molar-refractivity contribution in [2.24, 2.45) is 0 Å². The Morgan fingerprint density at radius 3 is 2.61 bits per heavy atom. The molecule has 18 heavy (non-hydrogen) atoms. The molecular formula is C13H12N2O3. The molecule has 0 aliphatic rings. The van der Waals surface area contributed by atoms with E-state index in [1.165, 1.54) is 6.07 Å². The number of anilines is 1. The van der Waals surface area contributed by atoms with E-state index >= 15 is 0 Å². The maximum atomic E-state index is 10.8. The summed E-state index contributed by atoms with van der Waals surface area (Å²) in [6.45, 7) is 1.65. The van der Waals surface area contributed by atoms with Gasteiger partial charge in [-0.25, -0.2) is 0 Å². The van der Waals surface area contributed by atoms with Gasteiger partial charge in [0.1, 0.15) is 11.5 Å². The van der Waals surface area contributed by atoms with Gasteiger partial charge in [-0.1, -0.05) is 12.1 Å². The Kier molecular flexibility index (Phi) is 3.14. The summed E-state index contributed by atoms with van der Waals surface area (Å²) < 4.78 is 5.60. The molecule has 2 rings (SSSR count). The van der Waals surface area contributed by atoms with Crippen molar-refractivity contribution in [3.8, 4) is 11.5 Å². The number of hydrogen-bond acceptors (Lipinski definition) is 4. The first-order valence-electron chi connectivity index (χ1n) is 5.35. The molecule has 0 bridgehead atoms. The van der Waals surface area contributed by atoms with E-state index in [2.05, 4.69) is 0 Å². The first-order valence-corrected chi connectivity index (χ1v) is 5.35. The second-order valence-corrected chi connectivity index (χ2v) is 3.83. The highest BCUT2D eigenvalue weighted by atomic mass is 16.6. The van der Waals surface area contributed by atoms with Gasteiger partial charge in [-0.3, -0.25) is 10.1 Å². The van der Waals surface area contributed by atoms with E-state index in [4.69, 9.17) is 10.5 Å². The van der Waals surface area contributed by atoms with E-state index in [0.29, 0.717) is 22.7 Å². The molecule has 0 radical (unpaired) electrons. The van der Waals surface area contributed by atoms with Crippen molar-refractivity contribution in [1.29, 1.82) is 0 Å². The van der Waals surface area contributed by atoms with Crippen LogP contribution in [0.4, 0.5) is 11.4 Å². The molecule has 0 fully saturated rings. The number of nitrogen functional groups attached to an aromatic ring is 1. The third-order valence-corrected chi connectivity index (χ3v) is 2.54. The predicted molar refractivity (Wildman–Crippen MR) is 68.8 cm³/mol. The minimum absolute atomic E-state index is 0.0383. The maximum Gasteiger partial charge on any atom is 0.276 e. The zero-order valence-corrected chi connectivity index (χ0v) is 9.79. The van der Waals surface area contributed by atoms with Gasteiger partial charge in [0, 0.05) is 17.8 Å². The Hall–Kier alpha value is -2.56. The Bertz CT molecular complexity index is 597. The Morgan fingerprint density at radius 1 is 1.22 bits per heavy atom. The number of ether oxygens (including phenoxy) is 1. The summed E-state index contributed by atoms with van der Waals surface area (Å²) >= 11 is 0. The summed E-state index contributed by atoms with van der Waals surface area (Å²) in [5.74, 6) is 1.01. The lowest BCUT2D eigenvalue weighted by molar-refractivity contribution is -0.385. The van der Waals surface area contributed by atoms with Gasteiger partial charge < -0.3 is 10.5 Å². The molecule has 0 aromatic heterocycles. The van der Waals surface area contributed by atoms with Crippen LogP contribution in [0.15, 0.2) is 42.5 Å². The molecule has 5 heteroatoms. The normalized spacial score (nSPS) is 10.1. The molecule has 2 aromatic carbocycles. The molecule has 0 atom stereocenters. The van der Waals surface area contributed by atoms with Crippen molar-refractivity contribution >= 4 is 11.4 Å². The largest absolute Gasteiger partial charge is 0.457 e. The van der Waals surface area contributed by atoms with Crippen LogP contribution in [0.2, 0.25) is 0 Å². The number of hydrogen-bond donors (Lipinski definition) is 1. The van der Waals surface area contributed by atoms with Crippen LogP contribution < -0.4 is 10.5 Å². The number of nitro benzene ring substituents is 1. The first kappa shape index (κ1) is 11.9. The quantitative estimate of drug-likeness (QED) is 0.510. The number of nitrogens with two attached hydrogens (primary N) is 1. The highest BCUT2D eigenvalue weighted by Crippen LogP contribution is 2.31. The van der Waals surface area contributed by atoms with Crippen molar-refractivity contribution in [3.05, 3.63) is 58.1 Å². The van der Waals surface area contributed by atoms with Gasteiger partial charge in [-0.05, 0) is 25.1 Å². The molecule has 0 saturated heterocycles. The zero-order chi connectivity index (χ0) is 13.1. The van der Waals surface area contributed by atoms with E-state index in [1.807, 2.05) is 0 Å². The van der Waals surface area contributed by atoms with Gasteiger partial charge in [-0.15, -0.1) is 0 Å². The van der Waals surface area contributed by atoms with Crippen molar-refractivity contribution < 1.29 is 9.66 Å². The molecule has 0 heterocycles. The van der Waals surface area contributed by atoms with Crippen LogP contribution in [-0.2, 0) is 0 Å². The highest BCUT2D eigenvalue weighted by molar-refractivity contribution is 5.51. The van der Waals surface area contributed by atoms with Gasteiger partial charge >= 0.3 is 0 Å². The lowest BCUT2D eigenvalue weighted by atomic mass is 10.2. The van der Waals surface area contributed by atoms with Crippen LogP contribution >= 0.6 is 0 Å². The third kappa shape index (κ3) is 2.40. The van der Waals surface area contributed by atoms with Gasteiger partial charge in [0.25, 0.3) is 5.69 Å². The van der Waals surface area contributed by atoms with Crippen LogP contribution in [0.1, 0.15) is 5.56 Å². The van der Waals surface area contributed by atoms with E-state index < -0.39 is 4.92 Å². The van der Waals surface area contributed by atoms with E-state index in [0.717, 1.165) is 0 Å². The molecule has 0 aliphatic heterocycles. The van der Waals surface area contributed by atoms with Gasteiger partial charge in [0.2, 0.25) is 0 Å². The van der Waals surface area contributed by atoms with Gasteiger partial charge in [0.05, 0.1) is 10.5 Å². The fourth-order valence-corrected chi connectivity index (χ4v) is 1.62. The Balaban J connectivity index is 2.35. The number of rotatable bonds is 3. The third-order valence-electron chi connectivity index (χ3n) is 2.54. The molecule has 0 unspecified atom stereocenters. The molecule has 0 amide bonds. The Morgan fingerprint density at radius 2 is 1.94 bits per heavy atom. The average molecular weight is 244 g/mol. The molecule has 0 saturated carbocycles. The minimum atomic E-state index is -0.429. The highest BCUT2D eigenvalue weighted by Gasteiger charge is 2.14. The lowest BCUT2D eigenvalue weighted by Gasteiger charge is -2.09. The summed E-state index contributed by atoms with van der Waals surface area (Å²) in [6, 6.07) is 11.6. The SMILES string of the molecule is Cc1c(Oc2cccc(N)c2)cccc1[N+](=O)[O-]. The number of nitro groups is 1. The van der Waals surface area contributed by atoms with Crippen molar-refractivity contribution in [2.45, 2.75) is 6.92 Å². The summed E-state index contributed by atoms with van der Waals surface area (Å²) in [5, 5.41) is 10.8. The lowest BCUT2D eigenvalue weighted by Crippen LogP contribution is -1.95. The Labute approximate surface area is 104 Å². The van der Waals surface area contributed by atoms with Crippen LogP contribution in [0.3, 0.4) is 0 Å². The molecule has 0 spiro atoms. The van der Waals surface area contributed by atoms with Crippen LogP contribution in [0, 0.1) is 17.0 Å². The minimum Gasteiger partial charge on any atom is -0.457 e. The van der Waals surface area contributed by atoms with Crippen LogP contribution in [0.25, 0.3) is 0 Å². The second kappa shape index (κ2) is 4.75. The molecule has 2 N–H and O–H groups in total. The molecule has 92 valence electrons. The molecule has 5 nitrogen and oxygen atoms in total. The average Bonchev–Trinajstić information content (AvgIpc) is 2.31. The summed E-state index contributed by atoms with van der Waals surface area (Å²) in [6.07, 6.45) is 0. The fourth-order valence-electron chi connectivity index (χ4n) is 1.62. The summed E-state index contributed by atoms with van der Waals surface area (Å²) in [5.41, 5.74) is 6.75. The number of nitrogens with zero attached hydrogens (tertiary/aromatic N) is 1. The summed E-state index contributed by atoms with van der Waals surface area (Å²) in [7, 11) is 0. The van der Waals surface area contributed by atoms with Gasteiger partial charge in [0.15, 0.2) is 0 Å².